The number of hydrogen-bond donors (Lipinski definition) is 3. The van der Waals surface area contributed by atoms with Gasteiger partial charge in [0, 0.05) is 13.2 Å². The third-order valence-electron chi connectivity index (χ3n) is 3.16. The van der Waals surface area contributed by atoms with Crippen LogP contribution in [0.3, 0.4) is 0 Å². The SMILES string of the molecule is CC(CCCNC(=O)NC1(C)CCOC1)C(=O)O. The molecule has 6 heteroatoms. The largest absolute Gasteiger partial charge is 0.481 e. The van der Waals surface area contributed by atoms with Crippen LogP contribution >= 0.6 is 0 Å². The van der Waals surface area contributed by atoms with E-state index in [9.17, 15) is 9.59 Å². The zero-order chi connectivity index (χ0) is 13.6. The maximum Gasteiger partial charge on any atom is 0.315 e. The fourth-order valence-electron chi connectivity index (χ4n) is 1.82. The fourth-order valence-corrected chi connectivity index (χ4v) is 1.82. The molecule has 18 heavy (non-hydrogen) atoms. The van der Waals surface area contributed by atoms with Crippen molar-refractivity contribution in [3.05, 3.63) is 0 Å². The molecule has 2 amide bonds. The van der Waals surface area contributed by atoms with Crippen molar-refractivity contribution in [2.75, 3.05) is 19.8 Å². The molecule has 0 radical (unpaired) electrons. The summed E-state index contributed by atoms with van der Waals surface area (Å²) in [7, 11) is 0. The van der Waals surface area contributed by atoms with Crippen molar-refractivity contribution in [3.8, 4) is 0 Å². The Hall–Kier alpha value is -1.30. The number of aliphatic carboxylic acids is 1. The molecule has 0 aromatic rings. The zero-order valence-electron chi connectivity index (χ0n) is 11.0. The van der Waals surface area contributed by atoms with Crippen LogP contribution in [0.1, 0.15) is 33.1 Å². The Morgan fingerprint density at radius 2 is 2.22 bits per heavy atom. The number of nitrogens with one attached hydrogen (secondary N) is 2. The van der Waals surface area contributed by atoms with Gasteiger partial charge in [-0.3, -0.25) is 4.79 Å². The van der Waals surface area contributed by atoms with Crippen LogP contribution in [0.5, 0.6) is 0 Å². The molecule has 0 aromatic heterocycles. The molecule has 1 rings (SSSR count). The van der Waals surface area contributed by atoms with Crippen LogP contribution in [-0.4, -0.2) is 42.4 Å². The van der Waals surface area contributed by atoms with E-state index in [0.29, 0.717) is 32.6 Å². The molecule has 0 bridgehead atoms. The third-order valence-corrected chi connectivity index (χ3v) is 3.16. The van der Waals surface area contributed by atoms with Gasteiger partial charge in [0.1, 0.15) is 0 Å². The van der Waals surface area contributed by atoms with E-state index in [4.69, 9.17) is 9.84 Å². The summed E-state index contributed by atoms with van der Waals surface area (Å²) in [5.74, 6) is -1.16. The highest BCUT2D eigenvalue weighted by molar-refractivity contribution is 5.74. The van der Waals surface area contributed by atoms with Crippen LogP contribution < -0.4 is 10.6 Å². The Labute approximate surface area is 107 Å². The summed E-state index contributed by atoms with van der Waals surface area (Å²) in [6, 6.07) is -0.217. The van der Waals surface area contributed by atoms with Crippen molar-refractivity contribution in [2.45, 2.75) is 38.6 Å². The van der Waals surface area contributed by atoms with Gasteiger partial charge in [-0.2, -0.15) is 0 Å². The predicted molar refractivity (Wildman–Crippen MR) is 66.4 cm³/mol. The molecule has 104 valence electrons. The van der Waals surface area contributed by atoms with Gasteiger partial charge in [0.05, 0.1) is 18.1 Å². The summed E-state index contributed by atoms with van der Waals surface area (Å²) >= 11 is 0. The van der Waals surface area contributed by atoms with Crippen molar-refractivity contribution < 1.29 is 19.4 Å². The minimum Gasteiger partial charge on any atom is -0.481 e. The van der Waals surface area contributed by atoms with E-state index < -0.39 is 5.97 Å². The molecule has 1 saturated heterocycles. The van der Waals surface area contributed by atoms with E-state index in [1.54, 1.807) is 6.92 Å². The highest BCUT2D eigenvalue weighted by atomic mass is 16.5. The minimum absolute atomic E-state index is 0.217. The number of carbonyl (C=O) groups is 2. The number of rotatable bonds is 6. The predicted octanol–water partition coefficient (Wildman–Crippen LogP) is 0.965. The summed E-state index contributed by atoms with van der Waals surface area (Å²) in [4.78, 5) is 22.2. The van der Waals surface area contributed by atoms with Crippen molar-refractivity contribution in [1.82, 2.24) is 10.6 Å². The second-order valence-corrected chi connectivity index (χ2v) is 5.13. The molecule has 0 aromatic carbocycles. The fraction of sp³-hybridized carbons (Fsp3) is 0.833. The number of urea groups is 1. The van der Waals surface area contributed by atoms with E-state index in [1.165, 1.54) is 0 Å². The topological polar surface area (TPSA) is 87.7 Å². The minimum atomic E-state index is -0.796. The Morgan fingerprint density at radius 3 is 2.78 bits per heavy atom. The number of carboxylic acids is 1. The highest BCUT2D eigenvalue weighted by Gasteiger charge is 2.31. The molecular weight excluding hydrogens is 236 g/mol. The second-order valence-electron chi connectivity index (χ2n) is 5.13. The van der Waals surface area contributed by atoms with Gasteiger partial charge in [-0.1, -0.05) is 6.92 Å². The first kappa shape index (κ1) is 14.8. The quantitative estimate of drug-likeness (QED) is 0.619. The Bertz CT molecular complexity index is 300. The van der Waals surface area contributed by atoms with E-state index in [2.05, 4.69) is 10.6 Å². The molecule has 0 aliphatic carbocycles. The van der Waals surface area contributed by atoms with Gasteiger partial charge in [-0.15, -0.1) is 0 Å². The first-order valence-corrected chi connectivity index (χ1v) is 6.29. The average Bonchev–Trinajstić information content (AvgIpc) is 2.70. The molecule has 2 atom stereocenters. The van der Waals surface area contributed by atoms with Crippen LogP contribution in [-0.2, 0) is 9.53 Å². The maximum atomic E-state index is 11.6. The van der Waals surface area contributed by atoms with Gasteiger partial charge in [-0.05, 0) is 26.2 Å². The summed E-state index contributed by atoms with van der Waals surface area (Å²) in [5, 5.41) is 14.3. The Morgan fingerprint density at radius 1 is 1.50 bits per heavy atom. The van der Waals surface area contributed by atoms with Crippen molar-refractivity contribution in [3.63, 3.8) is 0 Å². The molecule has 3 N–H and O–H groups in total. The number of hydrogen-bond acceptors (Lipinski definition) is 3. The first-order valence-electron chi connectivity index (χ1n) is 6.29. The number of carbonyl (C=O) groups excluding carboxylic acids is 1. The van der Waals surface area contributed by atoms with Gasteiger partial charge in [0.25, 0.3) is 0 Å². The lowest BCUT2D eigenvalue weighted by Gasteiger charge is -2.23. The molecule has 1 fully saturated rings. The van der Waals surface area contributed by atoms with E-state index >= 15 is 0 Å². The van der Waals surface area contributed by atoms with Gasteiger partial charge in [0.2, 0.25) is 0 Å². The molecule has 0 saturated carbocycles. The lowest BCUT2D eigenvalue weighted by atomic mass is 10.0. The van der Waals surface area contributed by atoms with Crippen LogP contribution in [0, 0.1) is 5.92 Å². The van der Waals surface area contributed by atoms with Crippen LogP contribution in [0.2, 0.25) is 0 Å². The summed E-state index contributed by atoms with van der Waals surface area (Å²) < 4.78 is 5.24. The number of ether oxygens (including phenoxy) is 1. The maximum absolute atomic E-state index is 11.6. The number of carboxylic acid groups (broad SMARTS) is 1. The smallest absolute Gasteiger partial charge is 0.315 e. The van der Waals surface area contributed by atoms with Gasteiger partial charge >= 0.3 is 12.0 Å². The van der Waals surface area contributed by atoms with Crippen LogP contribution in [0.25, 0.3) is 0 Å². The molecule has 1 aliphatic heterocycles. The average molecular weight is 258 g/mol. The molecule has 1 aliphatic rings. The van der Waals surface area contributed by atoms with E-state index in [0.717, 1.165) is 6.42 Å². The van der Waals surface area contributed by atoms with E-state index in [1.807, 2.05) is 6.92 Å². The lowest BCUT2D eigenvalue weighted by molar-refractivity contribution is -0.141. The monoisotopic (exact) mass is 258 g/mol. The Kier molecular flexibility index (Phi) is 5.40. The van der Waals surface area contributed by atoms with Crippen molar-refractivity contribution >= 4 is 12.0 Å². The summed E-state index contributed by atoms with van der Waals surface area (Å²) in [6.07, 6.45) is 2.04. The normalized spacial score (nSPS) is 24.6. The van der Waals surface area contributed by atoms with Gasteiger partial charge < -0.3 is 20.5 Å². The van der Waals surface area contributed by atoms with Gasteiger partial charge in [0.15, 0.2) is 0 Å². The number of amides is 2. The van der Waals surface area contributed by atoms with Crippen LogP contribution in [0.4, 0.5) is 4.79 Å². The molecule has 1 heterocycles. The molecular formula is C12H22N2O4. The highest BCUT2D eigenvalue weighted by Crippen LogP contribution is 2.16. The summed E-state index contributed by atoms with van der Waals surface area (Å²) in [6.45, 7) is 5.31. The molecule has 6 nitrogen and oxygen atoms in total. The third kappa shape index (κ3) is 4.91. The second kappa shape index (κ2) is 6.58. The Balaban J connectivity index is 2.12. The van der Waals surface area contributed by atoms with E-state index in [-0.39, 0.29) is 17.5 Å². The van der Waals surface area contributed by atoms with Crippen molar-refractivity contribution in [2.24, 2.45) is 5.92 Å². The first-order chi connectivity index (χ1) is 8.43. The molecule has 2 unspecified atom stereocenters. The van der Waals surface area contributed by atoms with Crippen molar-refractivity contribution in [1.29, 1.82) is 0 Å². The summed E-state index contributed by atoms with van der Waals surface area (Å²) in [5.41, 5.74) is -0.279. The van der Waals surface area contributed by atoms with Crippen LogP contribution in [0.15, 0.2) is 0 Å². The molecule has 0 spiro atoms. The van der Waals surface area contributed by atoms with Gasteiger partial charge in [-0.25, -0.2) is 4.79 Å². The standard InChI is InChI=1S/C12H22N2O4/c1-9(10(15)16)4-3-6-13-11(17)14-12(2)5-7-18-8-12/h9H,3-8H2,1-2H3,(H,15,16)(H2,13,14,17). The lowest BCUT2D eigenvalue weighted by Crippen LogP contribution is -2.50. The zero-order valence-corrected chi connectivity index (χ0v) is 11.0.